The number of rotatable bonds is 6. The molecule has 0 amide bonds. The van der Waals surface area contributed by atoms with Crippen molar-refractivity contribution >= 4 is 17.5 Å². The Bertz CT molecular complexity index is 920. The summed E-state index contributed by atoms with van der Waals surface area (Å²) >= 11 is 5.89. The van der Waals surface area contributed by atoms with Crippen molar-refractivity contribution in [2.75, 3.05) is 19.0 Å². The third-order valence-electron chi connectivity index (χ3n) is 3.52. The molecule has 0 aliphatic heterocycles. The normalized spacial score (nSPS) is 10.5. The van der Waals surface area contributed by atoms with Crippen LogP contribution in [-0.2, 0) is 0 Å². The maximum absolute atomic E-state index is 5.89. The van der Waals surface area contributed by atoms with Gasteiger partial charge in [-0.2, -0.15) is 4.98 Å². The molecule has 0 saturated heterocycles. The minimum atomic E-state index is 0.368. The first-order valence-corrected chi connectivity index (χ1v) is 8.40. The summed E-state index contributed by atoms with van der Waals surface area (Å²) in [5.41, 5.74) is 2.12. The molecule has 0 aromatic carbocycles. The van der Waals surface area contributed by atoms with E-state index in [1.807, 2.05) is 26.0 Å². The highest BCUT2D eigenvalue weighted by molar-refractivity contribution is 6.29. The third-order valence-corrected chi connectivity index (χ3v) is 3.73. The van der Waals surface area contributed by atoms with Gasteiger partial charge >= 0.3 is 0 Å². The molecule has 3 aromatic heterocycles. The lowest BCUT2D eigenvalue weighted by atomic mass is 10.2. The highest BCUT2D eigenvalue weighted by Gasteiger charge is 2.13. The molecular weight excluding hydrogens is 354 g/mol. The summed E-state index contributed by atoms with van der Waals surface area (Å²) in [6, 6.07) is 7.05. The van der Waals surface area contributed by atoms with E-state index >= 15 is 0 Å². The van der Waals surface area contributed by atoms with Crippen LogP contribution in [0.4, 0.5) is 5.95 Å². The molecule has 3 rings (SSSR count). The van der Waals surface area contributed by atoms with Gasteiger partial charge in [0.15, 0.2) is 0 Å². The second-order valence-corrected chi connectivity index (χ2v) is 5.73. The average Bonchev–Trinajstić information content (AvgIpc) is 2.64. The fraction of sp³-hybridized carbons (Fsp3) is 0.222. The quantitative estimate of drug-likeness (QED) is 0.652. The molecule has 26 heavy (non-hydrogen) atoms. The first kappa shape index (κ1) is 17.9. The van der Waals surface area contributed by atoms with E-state index in [4.69, 9.17) is 21.1 Å². The van der Waals surface area contributed by atoms with Crippen LogP contribution in [0.5, 0.6) is 17.4 Å². The summed E-state index contributed by atoms with van der Waals surface area (Å²) in [6.45, 7) is 4.57. The standard InChI is InChI=1S/C18H18ClN5O2/c1-4-20-18-22-10-13(17(24-18)25-3)14-5-6-15(11(2)23-14)26-12-7-8-21-16(19)9-12/h5-10H,4H2,1-3H3,(H,20,22,24). The molecule has 8 heteroatoms. The van der Waals surface area contributed by atoms with Gasteiger partial charge in [-0.05, 0) is 32.0 Å². The topological polar surface area (TPSA) is 82.1 Å². The van der Waals surface area contributed by atoms with E-state index in [1.54, 1.807) is 31.6 Å². The number of hydrogen-bond acceptors (Lipinski definition) is 7. The molecule has 1 N–H and O–H groups in total. The lowest BCUT2D eigenvalue weighted by Gasteiger charge is -2.12. The zero-order valence-electron chi connectivity index (χ0n) is 14.7. The van der Waals surface area contributed by atoms with E-state index in [2.05, 4.69) is 25.3 Å². The number of hydrogen-bond donors (Lipinski definition) is 1. The van der Waals surface area contributed by atoms with Crippen LogP contribution in [0.15, 0.2) is 36.7 Å². The summed E-state index contributed by atoms with van der Waals surface area (Å²) < 4.78 is 11.2. The first-order chi connectivity index (χ1) is 12.6. The Morgan fingerprint density at radius 3 is 2.69 bits per heavy atom. The number of pyridine rings is 2. The molecule has 0 saturated carbocycles. The second kappa shape index (κ2) is 7.97. The molecule has 7 nitrogen and oxygen atoms in total. The van der Waals surface area contributed by atoms with Crippen LogP contribution in [0.3, 0.4) is 0 Å². The first-order valence-electron chi connectivity index (χ1n) is 8.03. The predicted molar refractivity (Wildman–Crippen MR) is 100 cm³/mol. The van der Waals surface area contributed by atoms with E-state index in [9.17, 15) is 0 Å². The van der Waals surface area contributed by atoms with Crippen LogP contribution < -0.4 is 14.8 Å². The van der Waals surface area contributed by atoms with Crippen LogP contribution in [-0.4, -0.2) is 33.6 Å². The third kappa shape index (κ3) is 4.00. The van der Waals surface area contributed by atoms with E-state index in [1.165, 1.54) is 0 Å². The number of nitrogens with one attached hydrogen (secondary N) is 1. The summed E-state index contributed by atoms with van der Waals surface area (Å²) in [7, 11) is 1.57. The maximum atomic E-state index is 5.89. The Morgan fingerprint density at radius 2 is 2.00 bits per heavy atom. The Morgan fingerprint density at radius 1 is 1.15 bits per heavy atom. The van der Waals surface area contributed by atoms with Crippen molar-refractivity contribution in [3.05, 3.63) is 47.5 Å². The summed E-state index contributed by atoms with van der Waals surface area (Å²) in [4.78, 5) is 17.2. The minimum Gasteiger partial charge on any atom is -0.480 e. The van der Waals surface area contributed by atoms with E-state index in [0.717, 1.165) is 6.54 Å². The van der Waals surface area contributed by atoms with E-state index in [0.29, 0.717) is 45.4 Å². The van der Waals surface area contributed by atoms with Crippen molar-refractivity contribution in [3.8, 4) is 28.6 Å². The fourth-order valence-corrected chi connectivity index (χ4v) is 2.49. The Labute approximate surface area is 156 Å². The van der Waals surface area contributed by atoms with Crippen molar-refractivity contribution in [1.82, 2.24) is 19.9 Å². The van der Waals surface area contributed by atoms with Crippen LogP contribution in [0.1, 0.15) is 12.6 Å². The highest BCUT2D eigenvalue weighted by Crippen LogP contribution is 2.31. The minimum absolute atomic E-state index is 0.368. The van der Waals surface area contributed by atoms with Crippen molar-refractivity contribution < 1.29 is 9.47 Å². The molecular formula is C18H18ClN5O2. The lowest BCUT2D eigenvalue weighted by molar-refractivity contribution is 0.399. The molecule has 0 spiro atoms. The van der Waals surface area contributed by atoms with E-state index in [-0.39, 0.29) is 0 Å². The van der Waals surface area contributed by atoms with Crippen LogP contribution in [0, 0.1) is 6.92 Å². The van der Waals surface area contributed by atoms with Gasteiger partial charge < -0.3 is 14.8 Å². The van der Waals surface area contributed by atoms with Crippen LogP contribution in [0.25, 0.3) is 11.3 Å². The van der Waals surface area contributed by atoms with Gasteiger partial charge in [-0.1, -0.05) is 11.6 Å². The zero-order chi connectivity index (χ0) is 18.5. The molecule has 3 heterocycles. The molecule has 0 unspecified atom stereocenters. The van der Waals surface area contributed by atoms with Gasteiger partial charge in [-0.15, -0.1) is 0 Å². The number of nitrogens with zero attached hydrogens (tertiary/aromatic N) is 4. The van der Waals surface area contributed by atoms with Gasteiger partial charge in [0.2, 0.25) is 11.8 Å². The summed E-state index contributed by atoms with van der Waals surface area (Å²) in [5, 5.41) is 3.42. The second-order valence-electron chi connectivity index (χ2n) is 5.34. The van der Waals surface area contributed by atoms with Gasteiger partial charge in [-0.3, -0.25) is 0 Å². The average molecular weight is 372 g/mol. The number of ether oxygens (including phenoxy) is 2. The fourth-order valence-electron chi connectivity index (χ4n) is 2.32. The molecule has 0 fully saturated rings. The Kier molecular flexibility index (Phi) is 5.48. The van der Waals surface area contributed by atoms with Gasteiger partial charge in [0.1, 0.15) is 16.7 Å². The lowest BCUT2D eigenvalue weighted by Crippen LogP contribution is -2.04. The Hall–Kier alpha value is -2.93. The molecule has 0 aliphatic rings. The predicted octanol–water partition coefficient (Wildman–Crippen LogP) is 4.13. The SMILES string of the molecule is CCNc1ncc(-c2ccc(Oc3ccnc(Cl)c3)c(C)n2)c(OC)n1. The zero-order valence-corrected chi connectivity index (χ0v) is 15.4. The van der Waals surface area contributed by atoms with Crippen LogP contribution in [0.2, 0.25) is 5.15 Å². The smallest absolute Gasteiger partial charge is 0.227 e. The number of halogens is 1. The van der Waals surface area contributed by atoms with Crippen molar-refractivity contribution in [2.45, 2.75) is 13.8 Å². The monoisotopic (exact) mass is 371 g/mol. The number of aromatic nitrogens is 4. The summed E-state index contributed by atoms with van der Waals surface area (Å²) in [6.07, 6.45) is 3.28. The number of anilines is 1. The largest absolute Gasteiger partial charge is 0.480 e. The molecule has 0 atom stereocenters. The van der Waals surface area contributed by atoms with Crippen molar-refractivity contribution in [2.24, 2.45) is 0 Å². The molecule has 0 radical (unpaired) electrons. The van der Waals surface area contributed by atoms with Gasteiger partial charge in [0, 0.05) is 25.0 Å². The summed E-state index contributed by atoms with van der Waals surface area (Å²) in [5.74, 6) is 2.19. The van der Waals surface area contributed by atoms with Crippen molar-refractivity contribution in [3.63, 3.8) is 0 Å². The van der Waals surface area contributed by atoms with E-state index < -0.39 is 0 Å². The molecule has 134 valence electrons. The Balaban J connectivity index is 1.90. The molecule has 0 bridgehead atoms. The van der Waals surface area contributed by atoms with Gasteiger partial charge in [0.25, 0.3) is 0 Å². The number of methoxy groups -OCH3 is 1. The highest BCUT2D eigenvalue weighted by atomic mass is 35.5. The van der Waals surface area contributed by atoms with Gasteiger partial charge in [-0.25, -0.2) is 15.0 Å². The number of aryl methyl sites for hydroxylation is 1. The van der Waals surface area contributed by atoms with Crippen molar-refractivity contribution in [1.29, 1.82) is 0 Å². The maximum Gasteiger partial charge on any atom is 0.227 e. The van der Waals surface area contributed by atoms with Crippen LogP contribution >= 0.6 is 11.6 Å². The van der Waals surface area contributed by atoms with Gasteiger partial charge in [0.05, 0.1) is 24.1 Å². The molecule has 3 aromatic rings. The molecule has 0 aliphatic carbocycles.